The first-order valence-corrected chi connectivity index (χ1v) is 7.81. The maximum absolute atomic E-state index is 12.4. The van der Waals surface area contributed by atoms with Crippen molar-refractivity contribution in [3.05, 3.63) is 69.5 Å². The van der Waals surface area contributed by atoms with E-state index in [1.807, 2.05) is 41.9 Å². The number of thiophene rings is 1. The lowest BCUT2D eigenvalue weighted by Crippen LogP contribution is -2.22. The smallest absolute Gasteiger partial charge is 0.259 e. The molecule has 2 heterocycles. The Morgan fingerprint density at radius 3 is 2.82 bits per heavy atom. The first kappa shape index (κ1) is 14.5. The molecular weight excluding hydrogens is 296 g/mol. The summed E-state index contributed by atoms with van der Waals surface area (Å²) >= 11 is 1.56. The Hall–Kier alpha value is -2.40. The van der Waals surface area contributed by atoms with E-state index < -0.39 is 0 Å². The summed E-state index contributed by atoms with van der Waals surface area (Å²) in [5.41, 5.74) is 1.57. The number of carbonyl (C=O) groups excluding carboxylic acids is 1. The Balaban J connectivity index is 1.95. The minimum atomic E-state index is -0.0394. The van der Waals surface area contributed by atoms with Crippen molar-refractivity contribution in [3.63, 3.8) is 0 Å². The van der Waals surface area contributed by atoms with Gasteiger partial charge < -0.3 is 9.47 Å². The number of carbonyl (C=O) groups is 1. The molecule has 0 atom stereocenters. The second-order valence-electron chi connectivity index (χ2n) is 5.35. The molecule has 3 rings (SSSR count). The Morgan fingerprint density at radius 2 is 2.05 bits per heavy atom. The van der Waals surface area contributed by atoms with E-state index in [2.05, 4.69) is 0 Å². The number of rotatable bonds is 3. The minimum Gasteiger partial charge on any atom is -0.345 e. The highest BCUT2D eigenvalue weighted by Crippen LogP contribution is 2.17. The SMILES string of the molecule is CN(C)C(=O)c1cccc(Cn2ccc3sccc3c2=O)c1. The van der Waals surface area contributed by atoms with Gasteiger partial charge in [-0.2, -0.15) is 0 Å². The molecule has 22 heavy (non-hydrogen) atoms. The minimum absolute atomic E-state index is 0.00286. The van der Waals surface area contributed by atoms with Crippen LogP contribution in [0.1, 0.15) is 15.9 Å². The topological polar surface area (TPSA) is 42.3 Å². The number of pyridine rings is 1. The van der Waals surface area contributed by atoms with Crippen LogP contribution in [0.5, 0.6) is 0 Å². The van der Waals surface area contributed by atoms with Gasteiger partial charge in [-0.1, -0.05) is 12.1 Å². The van der Waals surface area contributed by atoms with Crippen molar-refractivity contribution in [2.45, 2.75) is 6.54 Å². The zero-order valence-electron chi connectivity index (χ0n) is 12.4. The molecule has 0 saturated carbocycles. The van der Waals surface area contributed by atoms with Gasteiger partial charge in [0.2, 0.25) is 0 Å². The Morgan fingerprint density at radius 1 is 1.23 bits per heavy atom. The molecule has 0 aliphatic rings. The second-order valence-corrected chi connectivity index (χ2v) is 6.29. The number of fused-ring (bicyclic) bond motifs is 1. The van der Waals surface area contributed by atoms with Crippen LogP contribution < -0.4 is 5.56 Å². The number of hydrogen-bond donors (Lipinski definition) is 0. The summed E-state index contributed by atoms with van der Waals surface area (Å²) in [6, 6.07) is 11.2. The van der Waals surface area contributed by atoms with Gasteiger partial charge in [0.05, 0.1) is 11.9 Å². The molecule has 1 aromatic carbocycles. The molecule has 4 nitrogen and oxygen atoms in total. The summed E-state index contributed by atoms with van der Waals surface area (Å²) in [4.78, 5) is 26.0. The Kier molecular flexibility index (Phi) is 3.81. The first-order chi connectivity index (χ1) is 10.6. The fourth-order valence-electron chi connectivity index (χ4n) is 2.39. The number of amides is 1. The maximum Gasteiger partial charge on any atom is 0.259 e. The Bertz CT molecular complexity index is 893. The van der Waals surface area contributed by atoms with Gasteiger partial charge in [0.25, 0.3) is 11.5 Å². The molecule has 1 amide bonds. The molecule has 0 radical (unpaired) electrons. The molecule has 0 spiro atoms. The van der Waals surface area contributed by atoms with Gasteiger partial charge in [-0.15, -0.1) is 11.3 Å². The summed E-state index contributed by atoms with van der Waals surface area (Å²) < 4.78 is 2.67. The van der Waals surface area contributed by atoms with E-state index in [9.17, 15) is 9.59 Å². The average molecular weight is 312 g/mol. The maximum atomic E-state index is 12.4. The monoisotopic (exact) mass is 312 g/mol. The third kappa shape index (κ3) is 2.67. The van der Waals surface area contributed by atoms with Gasteiger partial charge in [0.1, 0.15) is 0 Å². The van der Waals surface area contributed by atoms with Crippen LogP contribution in [0.25, 0.3) is 10.1 Å². The third-order valence-corrected chi connectivity index (χ3v) is 4.41. The molecule has 0 unspecified atom stereocenters. The largest absolute Gasteiger partial charge is 0.345 e. The number of aromatic nitrogens is 1. The summed E-state index contributed by atoms with van der Waals surface area (Å²) in [5.74, 6) is -0.0394. The molecular formula is C17H16N2O2S. The molecule has 0 saturated heterocycles. The molecule has 0 fully saturated rings. The lowest BCUT2D eigenvalue weighted by Gasteiger charge is -2.12. The van der Waals surface area contributed by atoms with Gasteiger partial charge in [-0.05, 0) is 35.2 Å². The van der Waals surface area contributed by atoms with E-state index in [4.69, 9.17) is 0 Å². The standard InChI is InChI=1S/C17H16N2O2S/c1-18(2)16(20)13-5-3-4-12(10-13)11-19-8-6-15-14(17(19)21)7-9-22-15/h3-10H,11H2,1-2H3. The summed E-state index contributed by atoms with van der Waals surface area (Å²) in [6.07, 6.45) is 1.81. The highest BCUT2D eigenvalue weighted by atomic mass is 32.1. The zero-order chi connectivity index (χ0) is 15.7. The molecule has 0 bridgehead atoms. The van der Waals surface area contributed by atoms with Crippen molar-refractivity contribution in [1.82, 2.24) is 9.47 Å². The quantitative estimate of drug-likeness (QED) is 0.746. The molecule has 3 aromatic rings. The van der Waals surface area contributed by atoms with Crippen molar-refractivity contribution in [2.75, 3.05) is 14.1 Å². The molecule has 112 valence electrons. The van der Waals surface area contributed by atoms with Crippen LogP contribution in [0.15, 0.2) is 52.8 Å². The number of benzene rings is 1. The second kappa shape index (κ2) is 5.77. The van der Waals surface area contributed by atoms with Crippen molar-refractivity contribution >= 4 is 27.3 Å². The Labute approximate surface area is 132 Å². The molecule has 0 aliphatic heterocycles. The predicted octanol–water partition coefficient (Wildman–Crippen LogP) is 2.81. The number of nitrogens with zero attached hydrogens (tertiary/aromatic N) is 2. The fraction of sp³-hybridized carbons (Fsp3) is 0.176. The van der Waals surface area contributed by atoms with Crippen molar-refractivity contribution in [2.24, 2.45) is 0 Å². The van der Waals surface area contributed by atoms with Crippen LogP contribution >= 0.6 is 11.3 Å². The van der Waals surface area contributed by atoms with Gasteiger partial charge in [-0.3, -0.25) is 9.59 Å². The third-order valence-electron chi connectivity index (χ3n) is 3.53. The molecule has 0 N–H and O–H groups in total. The highest BCUT2D eigenvalue weighted by molar-refractivity contribution is 7.17. The molecule has 5 heteroatoms. The summed E-state index contributed by atoms with van der Waals surface area (Å²) in [7, 11) is 3.45. The fourth-order valence-corrected chi connectivity index (χ4v) is 3.16. The van der Waals surface area contributed by atoms with Crippen LogP contribution in [-0.2, 0) is 6.54 Å². The van der Waals surface area contributed by atoms with Gasteiger partial charge in [-0.25, -0.2) is 0 Å². The van der Waals surface area contributed by atoms with E-state index in [-0.39, 0.29) is 11.5 Å². The van der Waals surface area contributed by atoms with Gasteiger partial charge in [0.15, 0.2) is 0 Å². The van der Waals surface area contributed by atoms with Crippen LogP contribution in [0, 0.1) is 0 Å². The lowest BCUT2D eigenvalue weighted by atomic mass is 10.1. The van der Waals surface area contributed by atoms with Crippen molar-refractivity contribution < 1.29 is 4.79 Å². The van der Waals surface area contributed by atoms with Crippen LogP contribution in [0.2, 0.25) is 0 Å². The van der Waals surface area contributed by atoms with Crippen molar-refractivity contribution in [1.29, 1.82) is 0 Å². The van der Waals surface area contributed by atoms with E-state index in [0.29, 0.717) is 12.1 Å². The highest BCUT2D eigenvalue weighted by Gasteiger charge is 2.09. The van der Waals surface area contributed by atoms with Gasteiger partial charge >= 0.3 is 0 Å². The average Bonchev–Trinajstić information content (AvgIpc) is 2.99. The van der Waals surface area contributed by atoms with Crippen LogP contribution in [-0.4, -0.2) is 29.5 Å². The molecule has 0 aliphatic carbocycles. The van der Waals surface area contributed by atoms with Crippen LogP contribution in [0.4, 0.5) is 0 Å². The van der Waals surface area contributed by atoms with E-state index >= 15 is 0 Å². The zero-order valence-corrected chi connectivity index (χ0v) is 13.3. The van der Waals surface area contributed by atoms with E-state index in [0.717, 1.165) is 15.6 Å². The predicted molar refractivity (Wildman–Crippen MR) is 89.6 cm³/mol. The number of hydrogen-bond acceptors (Lipinski definition) is 3. The first-order valence-electron chi connectivity index (χ1n) is 6.93. The van der Waals surface area contributed by atoms with E-state index in [1.54, 1.807) is 41.0 Å². The van der Waals surface area contributed by atoms with E-state index in [1.165, 1.54) is 0 Å². The van der Waals surface area contributed by atoms with Crippen LogP contribution in [0.3, 0.4) is 0 Å². The lowest BCUT2D eigenvalue weighted by molar-refractivity contribution is 0.0827. The summed E-state index contributed by atoms with van der Waals surface area (Å²) in [6.45, 7) is 0.458. The van der Waals surface area contributed by atoms with Crippen molar-refractivity contribution in [3.8, 4) is 0 Å². The normalized spacial score (nSPS) is 10.8. The van der Waals surface area contributed by atoms with Gasteiger partial charge in [0, 0.05) is 30.6 Å². The molecule has 2 aromatic heterocycles. The summed E-state index contributed by atoms with van der Waals surface area (Å²) in [5, 5.41) is 2.67.